The van der Waals surface area contributed by atoms with E-state index in [0.717, 1.165) is 0 Å². The van der Waals surface area contributed by atoms with Crippen LogP contribution in [0.3, 0.4) is 0 Å². The molecule has 0 aliphatic rings. The first-order valence-electron chi connectivity index (χ1n) is 8.09. The fourth-order valence-corrected chi connectivity index (χ4v) is 2.30. The first-order valence-corrected chi connectivity index (χ1v) is 8.09. The summed E-state index contributed by atoms with van der Waals surface area (Å²) in [7, 11) is 0. The lowest BCUT2D eigenvalue weighted by atomic mass is 10.1. The van der Waals surface area contributed by atoms with Gasteiger partial charge in [0.25, 0.3) is 5.91 Å². The first kappa shape index (κ1) is 19.8. The molecule has 0 saturated carbocycles. The van der Waals surface area contributed by atoms with Crippen molar-refractivity contribution in [2.75, 3.05) is 19.7 Å². The maximum atomic E-state index is 12.3. The minimum absolute atomic E-state index is 0.162. The number of esters is 1. The highest BCUT2D eigenvalue weighted by atomic mass is 16.5. The Kier molecular flexibility index (Phi) is 7.07. The van der Waals surface area contributed by atoms with Crippen LogP contribution in [0.4, 0.5) is 0 Å². The quantitative estimate of drug-likeness (QED) is 0.590. The third-order valence-electron chi connectivity index (χ3n) is 3.42. The van der Waals surface area contributed by atoms with E-state index in [1.165, 1.54) is 12.1 Å². The molecule has 0 aliphatic carbocycles. The predicted octanol–water partition coefficient (Wildman–Crippen LogP) is 2.70. The van der Waals surface area contributed by atoms with Gasteiger partial charge in [0.1, 0.15) is 5.56 Å². The van der Waals surface area contributed by atoms with Crippen LogP contribution in [0.1, 0.15) is 43.6 Å². The van der Waals surface area contributed by atoms with E-state index in [0.29, 0.717) is 30.5 Å². The number of hydrogen-bond donors (Lipinski definition) is 2. The standard InChI is InChI=1S/C18H27NO5/c1-11(2)8-19(9-12(3)4)15(20)10-24-18(23)14-7-6-13(5)16(21)17(14)22/h6-7,11-12,21-22H,8-10H2,1-5H3. The monoisotopic (exact) mass is 337 g/mol. The Morgan fingerprint density at radius 2 is 1.58 bits per heavy atom. The molecule has 0 fully saturated rings. The van der Waals surface area contributed by atoms with Crippen LogP contribution in [0.15, 0.2) is 12.1 Å². The SMILES string of the molecule is Cc1ccc(C(=O)OCC(=O)N(CC(C)C)CC(C)C)c(O)c1O. The van der Waals surface area contributed by atoms with Crippen LogP contribution in [0, 0.1) is 18.8 Å². The number of amides is 1. The van der Waals surface area contributed by atoms with Gasteiger partial charge in [0, 0.05) is 13.1 Å². The molecule has 0 aromatic heterocycles. The number of ether oxygens (including phenoxy) is 1. The van der Waals surface area contributed by atoms with Gasteiger partial charge >= 0.3 is 5.97 Å². The zero-order valence-electron chi connectivity index (χ0n) is 15.0. The number of aromatic hydroxyl groups is 2. The Bertz CT molecular complexity index is 585. The molecular formula is C18H27NO5. The molecule has 0 bridgehead atoms. The van der Waals surface area contributed by atoms with Crippen LogP contribution < -0.4 is 0 Å². The number of nitrogens with zero attached hydrogens (tertiary/aromatic N) is 1. The summed E-state index contributed by atoms with van der Waals surface area (Å²) in [6.45, 7) is 10.4. The lowest BCUT2D eigenvalue weighted by Crippen LogP contribution is -2.39. The highest BCUT2D eigenvalue weighted by Crippen LogP contribution is 2.32. The molecule has 1 aromatic carbocycles. The van der Waals surface area contributed by atoms with Gasteiger partial charge in [-0.2, -0.15) is 0 Å². The summed E-state index contributed by atoms with van der Waals surface area (Å²) in [6.07, 6.45) is 0. The number of carbonyl (C=O) groups excluding carboxylic acids is 2. The summed E-state index contributed by atoms with van der Waals surface area (Å²) in [5, 5.41) is 19.5. The van der Waals surface area contributed by atoms with Crippen molar-refractivity contribution in [1.29, 1.82) is 0 Å². The second kappa shape index (κ2) is 8.57. The Labute approximate surface area is 143 Å². The molecule has 1 amide bonds. The van der Waals surface area contributed by atoms with Gasteiger partial charge in [0.15, 0.2) is 18.1 Å². The zero-order valence-corrected chi connectivity index (χ0v) is 15.0. The minimum atomic E-state index is -0.842. The van der Waals surface area contributed by atoms with Crippen LogP contribution in [0.25, 0.3) is 0 Å². The predicted molar refractivity (Wildman–Crippen MR) is 91.0 cm³/mol. The van der Waals surface area contributed by atoms with Crippen LogP contribution in [-0.4, -0.2) is 46.7 Å². The second-order valence-corrected chi connectivity index (χ2v) is 6.79. The van der Waals surface area contributed by atoms with Gasteiger partial charge in [0.2, 0.25) is 0 Å². The molecule has 0 spiro atoms. The molecule has 0 aliphatic heterocycles. The van der Waals surface area contributed by atoms with Gasteiger partial charge in [-0.05, 0) is 30.4 Å². The summed E-state index contributed by atoms with van der Waals surface area (Å²) in [4.78, 5) is 26.0. The summed E-state index contributed by atoms with van der Waals surface area (Å²) in [5.41, 5.74) is 0.283. The number of rotatable bonds is 7. The Balaban J connectivity index is 2.74. The lowest BCUT2D eigenvalue weighted by Gasteiger charge is -2.26. The zero-order chi connectivity index (χ0) is 18.4. The number of benzene rings is 1. The van der Waals surface area contributed by atoms with Crippen molar-refractivity contribution in [1.82, 2.24) is 4.90 Å². The molecule has 6 heteroatoms. The minimum Gasteiger partial charge on any atom is -0.504 e. The molecule has 0 unspecified atom stereocenters. The summed E-state index contributed by atoms with van der Waals surface area (Å²) < 4.78 is 5.01. The molecule has 1 rings (SSSR count). The van der Waals surface area contributed by atoms with Crippen molar-refractivity contribution in [3.63, 3.8) is 0 Å². The van der Waals surface area contributed by atoms with Crippen molar-refractivity contribution in [3.8, 4) is 11.5 Å². The van der Waals surface area contributed by atoms with E-state index in [4.69, 9.17) is 4.74 Å². The smallest absolute Gasteiger partial charge is 0.342 e. The third-order valence-corrected chi connectivity index (χ3v) is 3.42. The molecule has 134 valence electrons. The summed E-state index contributed by atoms with van der Waals surface area (Å²) >= 11 is 0. The van der Waals surface area contributed by atoms with E-state index >= 15 is 0 Å². The third kappa shape index (κ3) is 5.44. The average Bonchev–Trinajstić information content (AvgIpc) is 2.48. The highest BCUT2D eigenvalue weighted by Gasteiger charge is 2.21. The normalized spacial score (nSPS) is 11.0. The van der Waals surface area contributed by atoms with Gasteiger partial charge in [0.05, 0.1) is 0 Å². The van der Waals surface area contributed by atoms with Crippen molar-refractivity contribution in [3.05, 3.63) is 23.3 Å². The molecule has 0 atom stereocenters. The van der Waals surface area contributed by atoms with Crippen molar-refractivity contribution >= 4 is 11.9 Å². The second-order valence-electron chi connectivity index (χ2n) is 6.79. The van der Waals surface area contributed by atoms with Gasteiger partial charge in [-0.25, -0.2) is 4.79 Å². The van der Waals surface area contributed by atoms with E-state index in [-0.39, 0.29) is 17.2 Å². The number of hydrogen-bond acceptors (Lipinski definition) is 5. The summed E-state index contributed by atoms with van der Waals surface area (Å²) in [5.74, 6) is -1.40. The molecule has 24 heavy (non-hydrogen) atoms. The van der Waals surface area contributed by atoms with Crippen LogP contribution in [-0.2, 0) is 9.53 Å². The van der Waals surface area contributed by atoms with Crippen molar-refractivity contribution in [2.24, 2.45) is 11.8 Å². The Morgan fingerprint density at radius 1 is 1.04 bits per heavy atom. The molecule has 0 radical (unpaired) electrons. The Morgan fingerprint density at radius 3 is 2.08 bits per heavy atom. The van der Waals surface area contributed by atoms with Gasteiger partial charge in [-0.3, -0.25) is 4.79 Å². The average molecular weight is 337 g/mol. The van der Waals surface area contributed by atoms with E-state index in [1.807, 2.05) is 27.7 Å². The fraction of sp³-hybridized carbons (Fsp3) is 0.556. The van der Waals surface area contributed by atoms with Crippen LogP contribution in [0.2, 0.25) is 0 Å². The molecule has 2 N–H and O–H groups in total. The number of phenols is 2. The van der Waals surface area contributed by atoms with Gasteiger partial charge in [-0.1, -0.05) is 33.8 Å². The topological polar surface area (TPSA) is 87.1 Å². The van der Waals surface area contributed by atoms with E-state index in [9.17, 15) is 19.8 Å². The van der Waals surface area contributed by atoms with E-state index in [1.54, 1.807) is 11.8 Å². The van der Waals surface area contributed by atoms with E-state index < -0.39 is 18.3 Å². The van der Waals surface area contributed by atoms with Crippen molar-refractivity contribution < 1.29 is 24.5 Å². The first-order chi connectivity index (χ1) is 11.1. The van der Waals surface area contributed by atoms with Crippen LogP contribution in [0.5, 0.6) is 11.5 Å². The van der Waals surface area contributed by atoms with Gasteiger partial charge < -0.3 is 19.8 Å². The number of phenolic OH excluding ortho intramolecular Hbond substituents is 2. The highest BCUT2D eigenvalue weighted by molar-refractivity contribution is 5.95. The summed E-state index contributed by atoms with van der Waals surface area (Å²) in [6, 6.07) is 2.86. The number of aryl methyl sites for hydroxylation is 1. The van der Waals surface area contributed by atoms with Crippen LogP contribution >= 0.6 is 0 Å². The maximum absolute atomic E-state index is 12.3. The largest absolute Gasteiger partial charge is 0.504 e. The van der Waals surface area contributed by atoms with Gasteiger partial charge in [-0.15, -0.1) is 0 Å². The number of carbonyl (C=O) groups is 2. The molecule has 1 aromatic rings. The maximum Gasteiger partial charge on any atom is 0.342 e. The fourth-order valence-electron chi connectivity index (χ4n) is 2.30. The molecule has 0 saturated heterocycles. The molecule has 0 heterocycles. The Hall–Kier alpha value is -2.24. The van der Waals surface area contributed by atoms with Crippen molar-refractivity contribution in [2.45, 2.75) is 34.6 Å². The van der Waals surface area contributed by atoms with E-state index in [2.05, 4.69) is 0 Å². The lowest BCUT2D eigenvalue weighted by molar-refractivity contribution is -0.135. The molecule has 6 nitrogen and oxygen atoms in total. The molecular weight excluding hydrogens is 310 g/mol.